The number of ether oxygens (including phenoxy) is 1. The van der Waals surface area contributed by atoms with Crippen molar-refractivity contribution in [1.29, 1.82) is 0 Å². The number of hydrogen-bond donors (Lipinski definition) is 1. The number of carbonyl (C=O) groups is 1. The molecule has 0 aromatic rings. The lowest BCUT2D eigenvalue weighted by Crippen LogP contribution is -2.30. The van der Waals surface area contributed by atoms with Crippen molar-refractivity contribution in [2.45, 2.75) is 38.5 Å². The minimum absolute atomic E-state index is 0.544. The Morgan fingerprint density at radius 1 is 1.21 bits per heavy atom. The van der Waals surface area contributed by atoms with Gasteiger partial charge in [0.05, 0.1) is 6.61 Å². The number of fused-ring (bicyclic) bond motifs is 2. The number of amides is 1. The van der Waals surface area contributed by atoms with E-state index in [0.717, 1.165) is 11.8 Å². The molecule has 0 saturated heterocycles. The van der Waals surface area contributed by atoms with Crippen LogP contribution in [0.5, 0.6) is 0 Å². The molecule has 0 spiro atoms. The minimum atomic E-state index is -0.624. The van der Waals surface area contributed by atoms with Crippen LogP contribution in [-0.4, -0.2) is 12.7 Å². The van der Waals surface area contributed by atoms with Crippen LogP contribution in [0.25, 0.3) is 0 Å². The Morgan fingerprint density at radius 2 is 1.86 bits per heavy atom. The van der Waals surface area contributed by atoms with Crippen molar-refractivity contribution in [2.24, 2.45) is 23.5 Å². The zero-order valence-electron chi connectivity index (χ0n) is 8.58. The number of rotatable bonds is 2. The highest BCUT2D eigenvalue weighted by molar-refractivity contribution is 5.64. The van der Waals surface area contributed by atoms with Gasteiger partial charge in [-0.2, -0.15) is 0 Å². The molecule has 2 N–H and O–H groups in total. The van der Waals surface area contributed by atoms with Crippen molar-refractivity contribution in [3.8, 4) is 0 Å². The number of nitrogens with two attached hydrogens (primary N) is 1. The normalized spacial score (nSPS) is 36.4. The first kappa shape index (κ1) is 9.81. The quantitative estimate of drug-likeness (QED) is 0.738. The van der Waals surface area contributed by atoms with Crippen molar-refractivity contribution in [2.75, 3.05) is 6.61 Å². The van der Waals surface area contributed by atoms with Crippen molar-refractivity contribution < 1.29 is 9.53 Å². The molecule has 3 heteroatoms. The molecule has 3 nitrogen and oxygen atoms in total. The molecule has 2 rings (SSSR count). The highest BCUT2D eigenvalue weighted by Gasteiger charge is 2.31. The largest absolute Gasteiger partial charge is 0.449 e. The summed E-state index contributed by atoms with van der Waals surface area (Å²) in [5.41, 5.74) is 4.96. The maximum Gasteiger partial charge on any atom is 0.404 e. The van der Waals surface area contributed by atoms with Gasteiger partial charge in [-0.3, -0.25) is 0 Å². The molecule has 0 radical (unpaired) electrons. The molecule has 2 aliphatic rings. The van der Waals surface area contributed by atoms with E-state index in [9.17, 15) is 4.79 Å². The fraction of sp³-hybridized carbons (Fsp3) is 0.909. The molecule has 2 bridgehead atoms. The van der Waals surface area contributed by atoms with Crippen molar-refractivity contribution in [3.63, 3.8) is 0 Å². The van der Waals surface area contributed by atoms with Crippen LogP contribution < -0.4 is 5.73 Å². The Hall–Kier alpha value is -0.730. The van der Waals surface area contributed by atoms with E-state index < -0.39 is 6.09 Å². The maximum atomic E-state index is 10.5. The van der Waals surface area contributed by atoms with Gasteiger partial charge in [-0.05, 0) is 37.0 Å². The fourth-order valence-electron chi connectivity index (χ4n) is 3.21. The third-order valence-corrected chi connectivity index (χ3v) is 3.69. The topological polar surface area (TPSA) is 52.3 Å². The molecule has 0 heterocycles. The first-order chi connectivity index (χ1) is 6.74. The predicted molar refractivity (Wildman–Crippen MR) is 53.7 cm³/mol. The first-order valence-electron chi connectivity index (χ1n) is 5.66. The zero-order valence-corrected chi connectivity index (χ0v) is 8.58. The van der Waals surface area contributed by atoms with E-state index >= 15 is 0 Å². The second kappa shape index (κ2) is 4.20. The monoisotopic (exact) mass is 197 g/mol. The smallest absolute Gasteiger partial charge is 0.404 e. The van der Waals surface area contributed by atoms with Gasteiger partial charge in [0.1, 0.15) is 0 Å². The Balaban J connectivity index is 1.80. The fourth-order valence-corrected chi connectivity index (χ4v) is 3.21. The second-order valence-electron chi connectivity index (χ2n) is 4.87. The van der Waals surface area contributed by atoms with Gasteiger partial charge in [-0.1, -0.05) is 19.3 Å². The standard InChI is InChI=1S/C11H19NO2/c12-11(13)14-7-10-5-8-2-1-3-9(4-8)6-10/h8-10H,1-7H2,(H2,12,13). The molecule has 80 valence electrons. The summed E-state index contributed by atoms with van der Waals surface area (Å²) in [7, 11) is 0. The summed E-state index contributed by atoms with van der Waals surface area (Å²) in [5, 5.41) is 0. The average molecular weight is 197 g/mol. The summed E-state index contributed by atoms with van der Waals surface area (Å²) in [6, 6.07) is 0. The van der Waals surface area contributed by atoms with Crippen LogP contribution in [0.3, 0.4) is 0 Å². The summed E-state index contributed by atoms with van der Waals surface area (Å²) in [4.78, 5) is 10.5. The van der Waals surface area contributed by atoms with Gasteiger partial charge in [0, 0.05) is 0 Å². The van der Waals surface area contributed by atoms with Gasteiger partial charge in [-0.25, -0.2) is 4.79 Å². The molecule has 2 fully saturated rings. The van der Waals surface area contributed by atoms with E-state index in [-0.39, 0.29) is 0 Å². The minimum Gasteiger partial charge on any atom is -0.449 e. The molecule has 2 unspecified atom stereocenters. The number of primary amides is 1. The van der Waals surface area contributed by atoms with E-state index in [2.05, 4.69) is 0 Å². The van der Waals surface area contributed by atoms with Crippen molar-refractivity contribution in [3.05, 3.63) is 0 Å². The Morgan fingerprint density at radius 3 is 2.43 bits per heavy atom. The predicted octanol–water partition coefficient (Wildman–Crippen LogP) is 2.30. The zero-order chi connectivity index (χ0) is 9.97. The van der Waals surface area contributed by atoms with Gasteiger partial charge in [-0.15, -0.1) is 0 Å². The third-order valence-electron chi connectivity index (χ3n) is 3.69. The molecule has 2 aliphatic carbocycles. The molecule has 0 aromatic carbocycles. The Labute approximate surface area is 85.0 Å². The van der Waals surface area contributed by atoms with E-state index in [1.54, 1.807) is 0 Å². The van der Waals surface area contributed by atoms with Crippen LogP contribution in [0.15, 0.2) is 0 Å². The summed E-state index contributed by atoms with van der Waals surface area (Å²) >= 11 is 0. The highest BCUT2D eigenvalue weighted by Crippen LogP contribution is 2.42. The molecule has 2 saturated carbocycles. The van der Waals surface area contributed by atoms with Crippen LogP contribution in [0.4, 0.5) is 4.79 Å². The van der Waals surface area contributed by atoms with Crippen molar-refractivity contribution >= 4 is 6.09 Å². The SMILES string of the molecule is NC(=O)OCC1CC2CCCC(C2)C1. The number of hydrogen-bond acceptors (Lipinski definition) is 2. The Kier molecular flexibility index (Phi) is 2.94. The van der Waals surface area contributed by atoms with Gasteiger partial charge in [0.25, 0.3) is 0 Å². The molecule has 14 heavy (non-hydrogen) atoms. The van der Waals surface area contributed by atoms with Gasteiger partial charge in [0.2, 0.25) is 0 Å². The van der Waals surface area contributed by atoms with Crippen LogP contribution in [-0.2, 0) is 4.74 Å². The van der Waals surface area contributed by atoms with Crippen LogP contribution in [0.1, 0.15) is 38.5 Å². The van der Waals surface area contributed by atoms with Crippen LogP contribution in [0, 0.1) is 17.8 Å². The molecular formula is C11H19NO2. The lowest BCUT2D eigenvalue weighted by Gasteiger charge is -2.38. The van der Waals surface area contributed by atoms with Crippen LogP contribution >= 0.6 is 0 Å². The maximum absolute atomic E-state index is 10.5. The summed E-state index contributed by atoms with van der Waals surface area (Å²) in [5.74, 6) is 2.36. The van der Waals surface area contributed by atoms with Crippen LogP contribution in [0.2, 0.25) is 0 Å². The first-order valence-corrected chi connectivity index (χ1v) is 5.66. The van der Waals surface area contributed by atoms with E-state index in [1.165, 1.54) is 38.5 Å². The second-order valence-corrected chi connectivity index (χ2v) is 4.87. The molecule has 2 atom stereocenters. The van der Waals surface area contributed by atoms with Gasteiger partial charge < -0.3 is 10.5 Å². The average Bonchev–Trinajstić information content (AvgIpc) is 2.14. The summed E-state index contributed by atoms with van der Waals surface area (Å²) < 4.78 is 4.89. The van der Waals surface area contributed by atoms with E-state index in [4.69, 9.17) is 10.5 Å². The van der Waals surface area contributed by atoms with E-state index in [0.29, 0.717) is 12.5 Å². The molecule has 0 aromatic heterocycles. The molecule has 0 aliphatic heterocycles. The third kappa shape index (κ3) is 2.40. The summed E-state index contributed by atoms with van der Waals surface area (Å²) in [6.45, 7) is 0.544. The molecule has 1 amide bonds. The molecular weight excluding hydrogens is 178 g/mol. The number of carbonyl (C=O) groups excluding carboxylic acids is 1. The van der Waals surface area contributed by atoms with Crippen molar-refractivity contribution in [1.82, 2.24) is 0 Å². The van der Waals surface area contributed by atoms with Gasteiger partial charge in [0.15, 0.2) is 0 Å². The lowest BCUT2D eigenvalue weighted by molar-refractivity contribution is 0.0761. The highest BCUT2D eigenvalue weighted by atomic mass is 16.5. The summed E-state index contributed by atoms with van der Waals surface area (Å²) in [6.07, 6.45) is 7.42. The Bertz CT molecular complexity index is 205. The van der Waals surface area contributed by atoms with Gasteiger partial charge >= 0.3 is 6.09 Å². The lowest BCUT2D eigenvalue weighted by atomic mass is 9.68. The van der Waals surface area contributed by atoms with E-state index in [1.807, 2.05) is 0 Å².